The van der Waals surface area contributed by atoms with Crippen molar-refractivity contribution in [1.29, 1.82) is 0 Å². The molecular weight excluding hydrogens is 308 g/mol. The Morgan fingerprint density at radius 2 is 2.21 bits per heavy atom. The van der Waals surface area contributed by atoms with Crippen LogP contribution in [-0.2, 0) is 11.3 Å². The number of hydrogen-bond donors (Lipinski definition) is 1. The molecule has 0 saturated heterocycles. The van der Waals surface area contributed by atoms with Gasteiger partial charge in [-0.25, -0.2) is 10.4 Å². The molecule has 0 aliphatic heterocycles. The predicted molar refractivity (Wildman–Crippen MR) is 92.4 cm³/mol. The smallest absolute Gasteiger partial charge is 0.262 e. The van der Waals surface area contributed by atoms with Gasteiger partial charge in [0.2, 0.25) is 5.95 Å². The molecule has 0 radical (unpaired) electrons. The van der Waals surface area contributed by atoms with Gasteiger partial charge in [-0.3, -0.25) is 9.36 Å². The lowest BCUT2D eigenvalue weighted by Gasteiger charge is -2.12. The van der Waals surface area contributed by atoms with Crippen molar-refractivity contribution in [2.75, 3.05) is 19.1 Å². The monoisotopic (exact) mass is 326 g/mol. The zero-order valence-electron chi connectivity index (χ0n) is 13.3. The highest BCUT2D eigenvalue weighted by molar-refractivity contribution is 5.79. The molecule has 0 atom stereocenters. The molecule has 0 spiro atoms. The summed E-state index contributed by atoms with van der Waals surface area (Å²) in [7, 11) is 1.63. The molecule has 0 bridgehead atoms. The Kier molecular flexibility index (Phi) is 5.02. The van der Waals surface area contributed by atoms with E-state index in [1.54, 1.807) is 42.2 Å². The van der Waals surface area contributed by atoms with Gasteiger partial charge in [0.05, 0.1) is 23.4 Å². The first-order valence-corrected chi connectivity index (χ1v) is 7.60. The highest BCUT2D eigenvalue weighted by Crippen LogP contribution is 2.11. The van der Waals surface area contributed by atoms with Crippen molar-refractivity contribution >= 4 is 23.1 Å². The Morgan fingerprint density at radius 1 is 1.33 bits per heavy atom. The summed E-state index contributed by atoms with van der Waals surface area (Å²) in [5, 5.41) is 4.68. The number of hydrogen-bond acceptors (Lipinski definition) is 6. The lowest BCUT2D eigenvalue weighted by molar-refractivity contribution is 0.190. The number of hydrazone groups is 1. The average Bonchev–Trinajstić information content (AvgIpc) is 3.11. The Bertz CT molecular complexity index is 884. The van der Waals surface area contributed by atoms with Crippen LogP contribution in [0.1, 0.15) is 12.2 Å². The lowest BCUT2D eigenvalue weighted by Crippen LogP contribution is -2.24. The van der Waals surface area contributed by atoms with Gasteiger partial charge in [-0.1, -0.05) is 12.1 Å². The van der Waals surface area contributed by atoms with Crippen LogP contribution in [0.5, 0.6) is 0 Å². The fourth-order valence-corrected chi connectivity index (χ4v) is 2.35. The van der Waals surface area contributed by atoms with Gasteiger partial charge in [-0.2, -0.15) is 5.10 Å². The molecule has 2 aromatic heterocycles. The molecule has 124 valence electrons. The molecule has 0 amide bonds. The fourth-order valence-electron chi connectivity index (χ4n) is 2.35. The number of aromatic nitrogens is 2. The predicted octanol–water partition coefficient (Wildman–Crippen LogP) is 2.47. The van der Waals surface area contributed by atoms with Crippen molar-refractivity contribution in [1.82, 2.24) is 9.55 Å². The Labute approximate surface area is 138 Å². The first-order valence-electron chi connectivity index (χ1n) is 7.60. The van der Waals surface area contributed by atoms with Gasteiger partial charge in [0.15, 0.2) is 0 Å². The zero-order chi connectivity index (χ0) is 16.8. The van der Waals surface area contributed by atoms with E-state index in [1.807, 2.05) is 12.1 Å². The van der Waals surface area contributed by atoms with Gasteiger partial charge in [-0.05, 0) is 30.7 Å². The normalized spacial score (nSPS) is 11.4. The van der Waals surface area contributed by atoms with Crippen LogP contribution in [-0.4, -0.2) is 29.5 Å². The molecule has 3 aromatic rings. The summed E-state index contributed by atoms with van der Waals surface area (Å²) >= 11 is 0. The Balaban J connectivity index is 1.93. The average molecular weight is 326 g/mol. The van der Waals surface area contributed by atoms with E-state index in [1.165, 1.54) is 6.21 Å². The molecule has 0 aliphatic rings. The molecule has 7 heteroatoms. The van der Waals surface area contributed by atoms with Gasteiger partial charge in [-0.15, -0.1) is 0 Å². The summed E-state index contributed by atoms with van der Waals surface area (Å²) in [5.41, 5.74) is 3.35. The van der Waals surface area contributed by atoms with Crippen LogP contribution in [0.4, 0.5) is 5.95 Å². The number of nitrogens with one attached hydrogen (secondary N) is 1. The minimum atomic E-state index is -0.104. The van der Waals surface area contributed by atoms with Gasteiger partial charge in [0.1, 0.15) is 5.76 Å². The third-order valence-corrected chi connectivity index (χ3v) is 3.49. The number of anilines is 1. The van der Waals surface area contributed by atoms with Crippen LogP contribution >= 0.6 is 0 Å². The molecule has 3 rings (SSSR count). The van der Waals surface area contributed by atoms with E-state index in [-0.39, 0.29) is 5.56 Å². The van der Waals surface area contributed by atoms with Crippen molar-refractivity contribution in [3.05, 3.63) is 58.8 Å². The van der Waals surface area contributed by atoms with Crippen molar-refractivity contribution in [3.8, 4) is 0 Å². The Hall–Kier alpha value is -2.93. The molecule has 1 N–H and O–H groups in total. The second-order valence-electron chi connectivity index (χ2n) is 5.14. The van der Waals surface area contributed by atoms with Gasteiger partial charge < -0.3 is 9.15 Å². The summed E-state index contributed by atoms with van der Waals surface area (Å²) < 4.78 is 11.8. The third-order valence-electron chi connectivity index (χ3n) is 3.49. The van der Waals surface area contributed by atoms with E-state index in [9.17, 15) is 4.79 Å². The Morgan fingerprint density at radius 3 is 3.00 bits per heavy atom. The molecule has 1 aromatic carbocycles. The van der Waals surface area contributed by atoms with Crippen LogP contribution in [0.2, 0.25) is 0 Å². The van der Waals surface area contributed by atoms with Gasteiger partial charge in [0, 0.05) is 20.3 Å². The van der Waals surface area contributed by atoms with Crippen molar-refractivity contribution in [2.45, 2.75) is 13.0 Å². The topological polar surface area (TPSA) is 81.7 Å². The van der Waals surface area contributed by atoms with E-state index in [0.717, 1.165) is 0 Å². The highest BCUT2D eigenvalue weighted by Gasteiger charge is 2.10. The van der Waals surface area contributed by atoms with E-state index in [2.05, 4.69) is 15.5 Å². The second kappa shape index (κ2) is 7.56. The van der Waals surface area contributed by atoms with Gasteiger partial charge >= 0.3 is 0 Å². The van der Waals surface area contributed by atoms with Crippen molar-refractivity contribution < 1.29 is 9.15 Å². The third kappa shape index (κ3) is 3.52. The quantitative estimate of drug-likeness (QED) is 0.410. The molecule has 7 nitrogen and oxygen atoms in total. The van der Waals surface area contributed by atoms with Crippen molar-refractivity contribution in [3.63, 3.8) is 0 Å². The largest absolute Gasteiger partial charge is 0.463 e. The number of ether oxygens (including phenoxy) is 1. The SMILES string of the molecule is COCCCn1c(N/N=C\c2ccco2)nc2ccccc2c1=O. The minimum Gasteiger partial charge on any atom is -0.463 e. The van der Waals surface area contributed by atoms with E-state index >= 15 is 0 Å². The number of nitrogens with zero attached hydrogens (tertiary/aromatic N) is 3. The molecule has 0 fully saturated rings. The summed E-state index contributed by atoms with van der Waals surface area (Å²) in [6.45, 7) is 1.05. The minimum absolute atomic E-state index is 0.104. The molecule has 24 heavy (non-hydrogen) atoms. The maximum absolute atomic E-state index is 12.7. The number of furan rings is 1. The zero-order valence-corrected chi connectivity index (χ0v) is 13.3. The number of rotatable bonds is 7. The maximum atomic E-state index is 12.7. The van der Waals surface area contributed by atoms with E-state index in [0.29, 0.717) is 42.2 Å². The van der Waals surface area contributed by atoms with Crippen LogP contribution < -0.4 is 11.0 Å². The van der Waals surface area contributed by atoms with E-state index in [4.69, 9.17) is 9.15 Å². The first kappa shape index (κ1) is 15.9. The standard InChI is InChI=1S/C17H18N4O3/c1-23-10-5-9-21-16(22)14-7-2-3-8-15(14)19-17(21)20-18-12-13-6-4-11-24-13/h2-4,6-8,11-12H,5,9-10H2,1H3,(H,19,20)/b18-12-. The van der Waals surface area contributed by atoms with Crippen LogP contribution in [0, 0.1) is 0 Å². The van der Waals surface area contributed by atoms with E-state index < -0.39 is 0 Å². The van der Waals surface area contributed by atoms with Gasteiger partial charge in [0.25, 0.3) is 5.56 Å². The highest BCUT2D eigenvalue weighted by atomic mass is 16.5. The molecule has 0 aliphatic carbocycles. The molecule has 0 saturated carbocycles. The van der Waals surface area contributed by atoms with Crippen LogP contribution in [0.15, 0.2) is 57.0 Å². The number of fused-ring (bicyclic) bond motifs is 1. The molecule has 2 heterocycles. The first-order chi connectivity index (χ1) is 11.8. The van der Waals surface area contributed by atoms with Crippen LogP contribution in [0.3, 0.4) is 0 Å². The summed E-state index contributed by atoms with van der Waals surface area (Å²) in [6, 6.07) is 10.8. The number of benzene rings is 1. The summed E-state index contributed by atoms with van der Waals surface area (Å²) in [6.07, 6.45) is 3.80. The second-order valence-corrected chi connectivity index (χ2v) is 5.14. The molecule has 0 unspecified atom stereocenters. The molecular formula is C17H18N4O3. The summed E-state index contributed by atoms with van der Waals surface area (Å²) in [5.74, 6) is 0.995. The fraction of sp³-hybridized carbons (Fsp3) is 0.235. The van der Waals surface area contributed by atoms with Crippen LogP contribution in [0.25, 0.3) is 10.9 Å². The van der Waals surface area contributed by atoms with Crippen molar-refractivity contribution in [2.24, 2.45) is 5.10 Å². The number of methoxy groups -OCH3 is 1. The maximum Gasteiger partial charge on any atom is 0.262 e. The number of para-hydroxylation sites is 1. The lowest BCUT2D eigenvalue weighted by atomic mass is 10.2. The summed E-state index contributed by atoms with van der Waals surface area (Å²) in [4.78, 5) is 17.2.